The number of sulfonamides is 1. The Bertz CT molecular complexity index is 605. The third-order valence-corrected chi connectivity index (χ3v) is 4.33. The molecule has 90 valence electrons. The molecule has 0 saturated heterocycles. The molecule has 1 aliphatic rings. The van der Waals surface area contributed by atoms with E-state index in [1.807, 2.05) is 0 Å². The average molecular weight is 252 g/mol. The molecule has 5 nitrogen and oxygen atoms in total. The molecule has 1 aliphatic heterocycles. The van der Waals surface area contributed by atoms with Gasteiger partial charge < -0.3 is 5.73 Å². The van der Waals surface area contributed by atoms with Crippen LogP contribution in [0.5, 0.6) is 0 Å². The number of carbonyl (C=O) groups excluding carboxylic acids is 1. The zero-order valence-corrected chi connectivity index (χ0v) is 10.1. The Kier molecular flexibility index (Phi) is 2.66. The molecule has 1 aromatic carbocycles. The van der Waals surface area contributed by atoms with Gasteiger partial charge in [0.1, 0.15) is 4.90 Å². The summed E-state index contributed by atoms with van der Waals surface area (Å²) >= 11 is 0. The number of nitrogens with zero attached hydrogens (tertiary/aromatic N) is 1. The van der Waals surface area contributed by atoms with E-state index in [1.165, 1.54) is 18.2 Å². The molecule has 6 heteroatoms. The van der Waals surface area contributed by atoms with Crippen LogP contribution in [0, 0.1) is 0 Å². The van der Waals surface area contributed by atoms with Gasteiger partial charge in [-0.05, 0) is 25.1 Å². The van der Waals surface area contributed by atoms with Gasteiger partial charge in [0.15, 0.2) is 0 Å². The summed E-state index contributed by atoms with van der Waals surface area (Å²) in [5, 5.41) is 0. The molecular weight excluding hydrogens is 240 g/mol. The number of hydrogen-bond donors (Lipinski definition) is 1. The van der Waals surface area contributed by atoms with Gasteiger partial charge in [-0.1, -0.05) is 12.2 Å². The summed E-state index contributed by atoms with van der Waals surface area (Å²) in [6, 6.07) is 4.28. The van der Waals surface area contributed by atoms with Gasteiger partial charge in [-0.25, -0.2) is 12.7 Å². The highest BCUT2D eigenvalue weighted by Crippen LogP contribution is 2.31. The van der Waals surface area contributed by atoms with Crippen molar-refractivity contribution in [2.24, 2.45) is 0 Å². The normalized spacial score (nSPS) is 17.7. The number of rotatable bonds is 2. The lowest BCUT2D eigenvalue weighted by molar-refractivity contribution is 0.0880. The van der Waals surface area contributed by atoms with Crippen molar-refractivity contribution in [3.05, 3.63) is 35.9 Å². The minimum absolute atomic E-state index is 0.00740. The summed E-state index contributed by atoms with van der Waals surface area (Å²) in [7, 11) is -3.74. The Balaban J connectivity index is 2.57. The second kappa shape index (κ2) is 3.89. The third-order valence-electron chi connectivity index (χ3n) is 2.54. The number of carbonyl (C=O) groups is 1. The molecule has 1 aromatic rings. The fourth-order valence-electron chi connectivity index (χ4n) is 1.67. The lowest BCUT2D eigenvalue weighted by atomic mass is 10.2. The van der Waals surface area contributed by atoms with Gasteiger partial charge in [-0.15, -0.1) is 0 Å². The Hall–Kier alpha value is -1.82. The maximum Gasteiger partial charge on any atom is 0.269 e. The molecule has 0 aliphatic carbocycles. The van der Waals surface area contributed by atoms with Crippen LogP contribution >= 0.6 is 0 Å². The molecule has 0 radical (unpaired) electrons. The van der Waals surface area contributed by atoms with E-state index in [2.05, 4.69) is 0 Å². The van der Waals surface area contributed by atoms with E-state index in [1.54, 1.807) is 19.1 Å². The van der Waals surface area contributed by atoms with Crippen LogP contribution in [0.25, 0.3) is 0 Å². The largest absolute Gasteiger partial charge is 0.399 e. The molecule has 0 aromatic heterocycles. The van der Waals surface area contributed by atoms with Crippen molar-refractivity contribution in [2.45, 2.75) is 11.8 Å². The molecule has 2 rings (SSSR count). The van der Waals surface area contributed by atoms with Crippen molar-refractivity contribution in [1.82, 2.24) is 4.31 Å². The quantitative estimate of drug-likeness (QED) is 0.628. The van der Waals surface area contributed by atoms with E-state index >= 15 is 0 Å². The van der Waals surface area contributed by atoms with E-state index in [-0.39, 0.29) is 17.0 Å². The standard InChI is InChI=1S/C11H12N2O3S/c1-2-3-6-13-11(14)9-5-4-8(12)7-10(9)17(13,15)16/h2-5,7H,6,12H2,1H3/b3-2+. The SMILES string of the molecule is C/C=C/CN1C(=O)c2ccc(N)cc2S1(=O)=O. The highest BCUT2D eigenvalue weighted by Gasteiger charge is 2.40. The number of allylic oxidation sites excluding steroid dienone is 1. The summed E-state index contributed by atoms with van der Waals surface area (Å²) in [4.78, 5) is 11.9. The van der Waals surface area contributed by atoms with E-state index < -0.39 is 15.9 Å². The van der Waals surface area contributed by atoms with Crippen LogP contribution in [0.3, 0.4) is 0 Å². The lowest BCUT2D eigenvalue weighted by Crippen LogP contribution is -2.30. The molecule has 0 fully saturated rings. The third kappa shape index (κ3) is 1.70. The molecule has 2 N–H and O–H groups in total. The van der Waals surface area contributed by atoms with Crippen molar-refractivity contribution in [2.75, 3.05) is 12.3 Å². The first kappa shape index (κ1) is 11.7. The fourth-order valence-corrected chi connectivity index (χ4v) is 3.23. The molecule has 17 heavy (non-hydrogen) atoms. The summed E-state index contributed by atoms with van der Waals surface area (Å²) < 4.78 is 25.0. The van der Waals surface area contributed by atoms with Gasteiger partial charge in [0.25, 0.3) is 15.9 Å². The Labute approximate surface area is 99.6 Å². The number of anilines is 1. The number of fused-ring (bicyclic) bond motifs is 1. The van der Waals surface area contributed by atoms with E-state index in [0.717, 1.165) is 4.31 Å². The number of nitrogen functional groups attached to an aromatic ring is 1. The predicted molar refractivity (Wildman–Crippen MR) is 63.9 cm³/mol. The highest BCUT2D eigenvalue weighted by molar-refractivity contribution is 7.90. The number of benzene rings is 1. The number of nitrogens with two attached hydrogens (primary N) is 1. The first-order valence-corrected chi connectivity index (χ1v) is 6.50. The predicted octanol–water partition coefficient (Wildman–Crippen LogP) is 0.989. The van der Waals surface area contributed by atoms with Crippen LogP contribution in [0.1, 0.15) is 17.3 Å². The molecule has 1 amide bonds. The molecule has 0 unspecified atom stereocenters. The maximum atomic E-state index is 12.1. The van der Waals surface area contributed by atoms with Crippen LogP contribution < -0.4 is 5.73 Å². The minimum Gasteiger partial charge on any atom is -0.399 e. The summed E-state index contributed by atoms with van der Waals surface area (Å²) in [6.07, 6.45) is 3.31. The van der Waals surface area contributed by atoms with Crippen LogP contribution in [-0.2, 0) is 10.0 Å². The first-order chi connectivity index (χ1) is 7.98. The van der Waals surface area contributed by atoms with Crippen LogP contribution in [0.15, 0.2) is 35.2 Å². The van der Waals surface area contributed by atoms with Crippen LogP contribution in [0.4, 0.5) is 5.69 Å². The summed E-state index contributed by atoms with van der Waals surface area (Å²) in [6.45, 7) is 1.81. The van der Waals surface area contributed by atoms with Crippen molar-refractivity contribution >= 4 is 21.6 Å². The van der Waals surface area contributed by atoms with Crippen molar-refractivity contribution in [3.8, 4) is 0 Å². The van der Waals surface area contributed by atoms with Gasteiger partial charge >= 0.3 is 0 Å². The summed E-state index contributed by atoms with van der Waals surface area (Å²) in [5.41, 5.74) is 6.05. The number of amides is 1. The van der Waals surface area contributed by atoms with E-state index in [0.29, 0.717) is 5.69 Å². The molecule has 0 bridgehead atoms. The second-order valence-corrected chi connectivity index (χ2v) is 5.50. The summed E-state index contributed by atoms with van der Waals surface area (Å²) in [5.74, 6) is -0.502. The fraction of sp³-hybridized carbons (Fsp3) is 0.182. The van der Waals surface area contributed by atoms with Gasteiger partial charge in [-0.2, -0.15) is 0 Å². The second-order valence-electron chi connectivity index (χ2n) is 3.67. The Morgan fingerprint density at radius 3 is 2.76 bits per heavy atom. The Morgan fingerprint density at radius 1 is 1.41 bits per heavy atom. The molecule has 0 saturated carbocycles. The average Bonchev–Trinajstić information content (AvgIpc) is 2.45. The zero-order valence-electron chi connectivity index (χ0n) is 9.25. The first-order valence-electron chi connectivity index (χ1n) is 5.06. The monoisotopic (exact) mass is 252 g/mol. The lowest BCUT2D eigenvalue weighted by Gasteiger charge is -2.11. The van der Waals surface area contributed by atoms with Crippen molar-refractivity contribution < 1.29 is 13.2 Å². The van der Waals surface area contributed by atoms with Crippen LogP contribution in [-0.4, -0.2) is 25.2 Å². The highest BCUT2D eigenvalue weighted by atomic mass is 32.2. The Morgan fingerprint density at radius 2 is 2.12 bits per heavy atom. The van der Waals surface area contributed by atoms with Crippen LogP contribution in [0.2, 0.25) is 0 Å². The smallest absolute Gasteiger partial charge is 0.269 e. The molecule has 0 atom stereocenters. The molecule has 1 heterocycles. The maximum absolute atomic E-state index is 12.1. The molecule has 0 spiro atoms. The van der Waals surface area contributed by atoms with E-state index in [4.69, 9.17) is 5.73 Å². The topological polar surface area (TPSA) is 80.5 Å². The molecular formula is C11H12N2O3S. The van der Waals surface area contributed by atoms with Gasteiger partial charge in [0, 0.05) is 5.69 Å². The minimum atomic E-state index is -3.74. The van der Waals surface area contributed by atoms with E-state index in [9.17, 15) is 13.2 Å². The van der Waals surface area contributed by atoms with Gasteiger partial charge in [0.2, 0.25) is 0 Å². The van der Waals surface area contributed by atoms with Crippen molar-refractivity contribution in [1.29, 1.82) is 0 Å². The van der Waals surface area contributed by atoms with Gasteiger partial charge in [-0.3, -0.25) is 4.79 Å². The van der Waals surface area contributed by atoms with Gasteiger partial charge in [0.05, 0.1) is 12.1 Å². The van der Waals surface area contributed by atoms with Crippen molar-refractivity contribution in [3.63, 3.8) is 0 Å². The number of hydrogen-bond acceptors (Lipinski definition) is 4. The zero-order chi connectivity index (χ0) is 12.6.